The average Bonchev–Trinajstić information content (AvgIpc) is 2.08. The Bertz CT molecular complexity index is 206. The van der Waals surface area contributed by atoms with Gasteiger partial charge in [-0.2, -0.15) is 0 Å². The molecular weight excluding hydrogens is 176 g/mol. The van der Waals surface area contributed by atoms with Crippen LogP contribution in [0.15, 0.2) is 4.99 Å². The van der Waals surface area contributed by atoms with Gasteiger partial charge in [0.2, 0.25) is 5.96 Å². The molecule has 1 rings (SSSR count). The highest BCUT2D eigenvalue weighted by atomic mass is 15.3. The van der Waals surface area contributed by atoms with E-state index in [0.29, 0.717) is 17.4 Å². The van der Waals surface area contributed by atoms with E-state index in [1.807, 2.05) is 0 Å². The van der Waals surface area contributed by atoms with Gasteiger partial charge in [0.25, 0.3) is 0 Å². The molecule has 0 radical (unpaired) electrons. The quantitative estimate of drug-likeness (QED) is 0.274. The highest BCUT2D eigenvalue weighted by Crippen LogP contribution is 2.40. The van der Waals surface area contributed by atoms with Gasteiger partial charge in [-0.1, -0.05) is 13.3 Å². The van der Waals surface area contributed by atoms with Gasteiger partial charge >= 0.3 is 0 Å². The van der Waals surface area contributed by atoms with E-state index in [1.165, 1.54) is 19.3 Å². The fourth-order valence-electron chi connectivity index (χ4n) is 1.61. The van der Waals surface area contributed by atoms with Crippen LogP contribution in [0.25, 0.3) is 0 Å². The van der Waals surface area contributed by atoms with Gasteiger partial charge in [-0.25, -0.2) is 5.84 Å². The number of hydrazine groups is 1. The molecule has 0 amide bonds. The first kappa shape index (κ1) is 11.3. The minimum absolute atomic E-state index is 0.360. The number of aliphatic imine (C=N–C) groups is 1. The van der Waals surface area contributed by atoms with E-state index in [2.05, 4.69) is 36.5 Å². The Morgan fingerprint density at radius 1 is 1.50 bits per heavy atom. The van der Waals surface area contributed by atoms with Gasteiger partial charge in [0, 0.05) is 12.6 Å². The number of nitrogens with one attached hydrogen (secondary N) is 2. The zero-order valence-electron chi connectivity index (χ0n) is 9.43. The minimum Gasteiger partial charge on any atom is -0.353 e. The zero-order valence-corrected chi connectivity index (χ0v) is 9.43. The second-order valence-corrected chi connectivity index (χ2v) is 4.77. The lowest BCUT2D eigenvalue weighted by Gasteiger charge is -2.37. The number of hydrogen-bond acceptors (Lipinski definition) is 2. The molecular formula is C10H22N4. The maximum Gasteiger partial charge on any atom is 0.205 e. The summed E-state index contributed by atoms with van der Waals surface area (Å²) in [5.41, 5.74) is 3.01. The molecule has 0 bridgehead atoms. The van der Waals surface area contributed by atoms with Crippen LogP contribution >= 0.6 is 0 Å². The summed E-state index contributed by atoms with van der Waals surface area (Å²) in [4.78, 5) is 4.45. The first-order chi connectivity index (χ1) is 6.56. The first-order valence-electron chi connectivity index (χ1n) is 5.33. The standard InChI is InChI=1S/C10H22N4/c1-8(2)13-9(14-11)12-7-10(3)5-4-6-10/h8H,4-7,11H2,1-3H3,(H2,12,13,14). The molecule has 1 saturated carbocycles. The molecule has 1 aliphatic carbocycles. The summed E-state index contributed by atoms with van der Waals surface area (Å²) in [6.07, 6.45) is 3.92. The summed E-state index contributed by atoms with van der Waals surface area (Å²) in [5.74, 6) is 6.07. The molecule has 82 valence electrons. The van der Waals surface area contributed by atoms with Gasteiger partial charge in [0.15, 0.2) is 0 Å². The van der Waals surface area contributed by atoms with Crippen LogP contribution in [0.3, 0.4) is 0 Å². The van der Waals surface area contributed by atoms with E-state index in [-0.39, 0.29) is 0 Å². The molecule has 4 nitrogen and oxygen atoms in total. The van der Waals surface area contributed by atoms with Crippen LogP contribution in [-0.4, -0.2) is 18.5 Å². The minimum atomic E-state index is 0.360. The Morgan fingerprint density at radius 2 is 2.14 bits per heavy atom. The van der Waals surface area contributed by atoms with Crippen molar-refractivity contribution < 1.29 is 0 Å². The van der Waals surface area contributed by atoms with Crippen molar-refractivity contribution in [2.75, 3.05) is 6.54 Å². The lowest BCUT2D eigenvalue weighted by atomic mass is 9.71. The Morgan fingerprint density at radius 3 is 2.50 bits per heavy atom. The van der Waals surface area contributed by atoms with E-state index in [1.54, 1.807) is 0 Å². The van der Waals surface area contributed by atoms with Crippen molar-refractivity contribution in [1.82, 2.24) is 10.7 Å². The van der Waals surface area contributed by atoms with Crippen LogP contribution in [0, 0.1) is 5.41 Å². The topological polar surface area (TPSA) is 62.4 Å². The molecule has 0 aromatic heterocycles. The van der Waals surface area contributed by atoms with Crippen LogP contribution in [0.1, 0.15) is 40.0 Å². The van der Waals surface area contributed by atoms with Gasteiger partial charge < -0.3 is 5.32 Å². The van der Waals surface area contributed by atoms with E-state index in [9.17, 15) is 0 Å². The monoisotopic (exact) mass is 198 g/mol. The predicted molar refractivity (Wildman–Crippen MR) is 59.9 cm³/mol. The summed E-state index contributed by atoms with van der Waals surface area (Å²) in [5, 5.41) is 3.16. The lowest BCUT2D eigenvalue weighted by Crippen LogP contribution is -2.45. The number of nitrogens with zero attached hydrogens (tertiary/aromatic N) is 1. The molecule has 14 heavy (non-hydrogen) atoms. The third-order valence-electron chi connectivity index (χ3n) is 2.74. The summed E-state index contributed by atoms with van der Waals surface area (Å²) in [7, 11) is 0. The van der Waals surface area contributed by atoms with Gasteiger partial charge in [-0.15, -0.1) is 0 Å². The fourth-order valence-corrected chi connectivity index (χ4v) is 1.61. The average molecular weight is 198 g/mol. The second-order valence-electron chi connectivity index (χ2n) is 4.77. The molecule has 0 aliphatic heterocycles. The maximum atomic E-state index is 5.37. The highest BCUT2D eigenvalue weighted by molar-refractivity contribution is 5.79. The first-order valence-corrected chi connectivity index (χ1v) is 5.33. The van der Waals surface area contributed by atoms with Crippen molar-refractivity contribution in [3.8, 4) is 0 Å². The van der Waals surface area contributed by atoms with E-state index in [0.717, 1.165) is 6.54 Å². The molecule has 0 aromatic carbocycles. The Labute approximate surface area is 86.3 Å². The Balaban J connectivity index is 2.39. The summed E-state index contributed by atoms with van der Waals surface area (Å²) < 4.78 is 0. The Hall–Kier alpha value is -0.770. The van der Waals surface area contributed by atoms with Gasteiger partial charge in [-0.3, -0.25) is 10.4 Å². The summed E-state index contributed by atoms with van der Waals surface area (Å²) in [6.45, 7) is 7.28. The Kier molecular flexibility index (Phi) is 3.75. The van der Waals surface area contributed by atoms with Crippen molar-refractivity contribution in [3.63, 3.8) is 0 Å². The summed E-state index contributed by atoms with van der Waals surface area (Å²) >= 11 is 0. The van der Waals surface area contributed by atoms with E-state index >= 15 is 0 Å². The number of guanidine groups is 1. The van der Waals surface area contributed by atoms with Crippen molar-refractivity contribution in [1.29, 1.82) is 0 Å². The van der Waals surface area contributed by atoms with Gasteiger partial charge in [0.1, 0.15) is 0 Å². The molecule has 0 aromatic rings. The molecule has 1 fully saturated rings. The highest BCUT2D eigenvalue weighted by Gasteiger charge is 2.31. The third-order valence-corrected chi connectivity index (χ3v) is 2.74. The van der Waals surface area contributed by atoms with Crippen LogP contribution in [0.2, 0.25) is 0 Å². The SMILES string of the molecule is CC(C)NC(=NCC1(C)CCC1)NN. The van der Waals surface area contributed by atoms with Crippen LogP contribution < -0.4 is 16.6 Å². The van der Waals surface area contributed by atoms with Crippen LogP contribution in [0.5, 0.6) is 0 Å². The maximum absolute atomic E-state index is 5.37. The lowest BCUT2D eigenvalue weighted by molar-refractivity contribution is 0.173. The van der Waals surface area contributed by atoms with Crippen LogP contribution in [-0.2, 0) is 0 Å². The molecule has 0 saturated heterocycles. The molecule has 1 aliphatic rings. The van der Waals surface area contributed by atoms with Gasteiger partial charge in [0.05, 0.1) is 0 Å². The molecule has 0 spiro atoms. The zero-order chi connectivity index (χ0) is 10.6. The van der Waals surface area contributed by atoms with E-state index in [4.69, 9.17) is 5.84 Å². The molecule has 0 unspecified atom stereocenters. The van der Waals surface area contributed by atoms with Crippen molar-refractivity contribution >= 4 is 5.96 Å². The molecule has 4 N–H and O–H groups in total. The molecule has 4 heteroatoms. The normalized spacial score (nSPS) is 20.5. The fraction of sp³-hybridized carbons (Fsp3) is 0.900. The van der Waals surface area contributed by atoms with Crippen molar-refractivity contribution in [3.05, 3.63) is 0 Å². The number of hydrogen-bond donors (Lipinski definition) is 3. The second kappa shape index (κ2) is 4.64. The summed E-state index contributed by atoms with van der Waals surface area (Å²) in [6, 6.07) is 0.360. The van der Waals surface area contributed by atoms with Crippen LogP contribution in [0.4, 0.5) is 0 Å². The molecule has 0 atom stereocenters. The van der Waals surface area contributed by atoms with Crippen molar-refractivity contribution in [2.24, 2.45) is 16.3 Å². The third kappa shape index (κ3) is 3.18. The molecule has 0 heterocycles. The number of rotatable bonds is 3. The smallest absolute Gasteiger partial charge is 0.205 e. The van der Waals surface area contributed by atoms with E-state index < -0.39 is 0 Å². The predicted octanol–water partition coefficient (Wildman–Crippen LogP) is 0.994. The number of nitrogens with two attached hydrogens (primary N) is 1. The van der Waals surface area contributed by atoms with Gasteiger partial charge in [-0.05, 0) is 32.1 Å². The largest absolute Gasteiger partial charge is 0.353 e. The van der Waals surface area contributed by atoms with Crippen molar-refractivity contribution in [2.45, 2.75) is 46.1 Å².